The van der Waals surface area contributed by atoms with E-state index in [4.69, 9.17) is 9.15 Å². The van der Waals surface area contributed by atoms with Crippen molar-refractivity contribution in [3.63, 3.8) is 0 Å². The Bertz CT molecular complexity index is 1290. The summed E-state index contributed by atoms with van der Waals surface area (Å²) in [7, 11) is 1.61. The summed E-state index contributed by atoms with van der Waals surface area (Å²) in [5.74, 6) is 1.07. The number of ether oxygens (including phenoxy) is 1. The van der Waals surface area contributed by atoms with Crippen molar-refractivity contribution in [3.8, 4) is 22.8 Å². The zero-order valence-corrected chi connectivity index (χ0v) is 18.8. The van der Waals surface area contributed by atoms with Crippen molar-refractivity contribution < 1.29 is 18.7 Å². The molecule has 2 aromatic carbocycles. The van der Waals surface area contributed by atoms with Crippen LogP contribution in [-0.2, 0) is 4.79 Å². The van der Waals surface area contributed by atoms with Crippen LogP contribution in [0.15, 0.2) is 89.6 Å². The van der Waals surface area contributed by atoms with Crippen LogP contribution < -0.4 is 10.1 Å². The second kappa shape index (κ2) is 9.31. The minimum Gasteiger partial charge on any atom is -0.497 e. The molecular formula is C27H25N3O4. The standard InChI is InChI=1S/C27H25N3O4/c1-33-20-12-10-19(11-13-20)24-14-15-25(34-24)27(32)30-18-6-9-23(30)26(31)28-21-7-2-3-8-22(21)29-16-4-5-17-29/h2-5,7-8,10-17,23H,6,9,18H2,1H3,(H,28,31)/t23-/m0/s1. The van der Waals surface area contributed by atoms with Crippen LogP contribution in [0.1, 0.15) is 23.4 Å². The fourth-order valence-electron chi connectivity index (χ4n) is 4.30. The number of benzene rings is 2. The van der Waals surface area contributed by atoms with Gasteiger partial charge in [0, 0.05) is 24.5 Å². The molecule has 172 valence electrons. The zero-order valence-electron chi connectivity index (χ0n) is 18.8. The molecule has 1 atom stereocenters. The number of para-hydroxylation sites is 2. The van der Waals surface area contributed by atoms with Crippen LogP contribution >= 0.6 is 0 Å². The van der Waals surface area contributed by atoms with Crippen molar-refractivity contribution in [1.82, 2.24) is 9.47 Å². The van der Waals surface area contributed by atoms with Crippen LogP contribution in [0.3, 0.4) is 0 Å². The minimum atomic E-state index is -0.556. The van der Waals surface area contributed by atoms with Gasteiger partial charge in [-0.1, -0.05) is 12.1 Å². The Morgan fingerprint density at radius 3 is 2.50 bits per heavy atom. The summed E-state index contributed by atoms with van der Waals surface area (Å²) in [6.45, 7) is 0.509. The topological polar surface area (TPSA) is 76.7 Å². The number of hydrogen-bond acceptors (Lipinski definition) is 4. The Hall–Kier alpha value is -4.26. The highest BCUT2D eigenvalue weighted by Gasteiger charge is 2.36. The molecule has 2 amide bonds. The summed E-state index contributed by atoms with van der Waals surface area (Å²) in [6, 6.07) is 21.8. The van der Waals surface area contributed by atoms with Crippen molar-refractivity contribution in [2.24, 2.45) is 0 Å². The van der Waals surface area contributed by atoms with Gasteiger partial charge in [0.2, 0.25) is 5.91 Å². The van der Waals surface area contributed by atoms with Crippen LogP contribution in [-0.4, -0.2) is 41.0 Å². The molecule has 0 unspecified atom stereocenters. The van der Waals surface area contributed by atoms with Crippen LogP contribution in [0.4, 0.5) is 5.69 Å². The summed E-state index contributed by atoms with van der Waals surface area (Å²) < 4.78 is 13.0. The number of methoxy groups -OCH3 is 1. The number of likely N-dealkylation sites (tertiary alicyclic amines) is 1. The van der Waals surface area contributed by atoms with Crippen molar-refractivity contribution in [2.75, 3.05) is 19.0 Å². The molecule has 5 rings (SSSR count). The van der Waals surface area contributed by atoms with E-state index >= 15 is 0 Å². The number of rotatable bonds is 6. The van der Waals surface area contributed by atoms with E-state index in [0.717, 1.165) is 23.4 Å². The number of amides is 2. The highest BCUT2D eigenvalue weighted by atomic mass is 16.5. The Labute approximate surface area is 197 Å². The second-order valence-electron chi connectivity index (χ2n) is 8.15. The van der Waals surface area contributed by atoms with Gasteiger partial charge in [0.1, 0.15) is 17.6 Å². The quantitative estimate of drug-likeness (QED) is 0.444. The first-order valence-electron chi connectivity index (χ1n) is 11.2. The van der Waals surface area contributed by atoms with Crippen LogP contribution in [0, 0.1) is 0 Å². The normalized spacial score (nSPS) is 15.3. The third kappa shape index (κ3) is 4.20. The van der Waals surface area contributed by atoms with Gasteiger partial charge in [-0.2, -0.15) is 0 Å². The number of nitrogens with one attached hydrogen (secondary N) is 1. The molecule has 34 heavy (non-hydrogen) atoms. The fraction of sp³-hybridized carbons (Fsp3) is 0.185. The number of nitrogens with zero attached hydrogens (tertiary/aromatic N) is 2. The van der Waals surface area contributed by atoms with Gasteiger partial charge in [0.25, 0.3) is 5.91 Å². The van der Waals surface area contributed by atoms with Gasteiger partial charge in [0.15, 0.2) is 5.76 Å². The Morgan fingerprint density at radius 2 is 1.74 bits per heavy atom. The fourth-order valence-corrected chi connectivity index (χ4v) is 4.30. The Morgan fingerprint density at radius 1 is 0.971 bits per heavy atom. The van der Waals surface area contributed by atoms with E-state index in [2.05, 4.69) is 5.32 Å². The summed E-state index contributed by atoms with van der Waals surface area (Å²) in [5.41, 5.74) is 2.41. The van der Waals surface area contributed by atoms with Gasteiger partial charge >= 0.3 is 0 Å². The largest absolute Gasteiger partial charge is 0.497 e. The van der Waals surface area contributed by atoms with E-state index in [9.17, 15) is 9.59 Å². The van der Waals surface area contributed by atoms with E-state index in [1.54, 1.807) is 24.1 Å². The molecule has 1 N–H and O–H groups in total. The predicted octanol–water partition coefficient (Wildman–Crippen LogP) is 4.99. The van der Waals surface area contributed by atoms with Crippen molar-refractivity contribution in [1.29, 1.82) is 0 Å². The van der Waals surface area contributed by atoms with Crippen LogP contribution in [0.25, 0.3) is 17.0 Å². The summed E-state index contributed by atoms with van der Waals surface area (Å²) in [4.78, 5) is 28.1. The lowest BCUT2D eigenvalue weighted by atomic mass is 10.1. The third-order valence-electron chi connectivity index (χ3n) is 6.05. The monoisotopic (exact) mass is 455 g/mol. The molecule has 1 fully saturated rings. The minimum absolute atomic E-state index is 0.201. The lowest BCUT2D eigenvalue weighted by Gasteiger charge is -2.23. The first kappa shape index (κ1) is 21.6. The average Bonchev–Trinajstić information content (AvgIpc) is 3.65. The molecule has 0 saturated carbocycles. The summed E-state index contributed by atoms with van der Waals surface area (Å²) >= 11 is 0. The van der Waals surface area contributed by atoms with E-state index in [1.165, 1.54) is 0 Å². The Balaban J connectivity index is 1.32. The third-order valence-corrected chi connectivity index (χ3v) is 6.05. The number of carbonyl (C=O) groups is 2. The van der Waals surface area contributed by atoms with Gasteiger partial charge in [-0.15, -0.1) is 0 Å². The Kier molecular flexibility index (Phi) is 5.91. The van der Waals surface area contributed by atoms with Crippen molar-refractivity contribution >= 4 is 17.5 Å². The van der Waals surface area contributed by atoms with E-state index in [0.29, 0.717) is 24.4 Å². The first-order valence-corrected chi connectivity index (χ1v) is 11.2. The number of aromatic nitrogens is 1. The lowest BCUT2D eigenvalue weighted by Crippen LogP contribution is -2.43. The number of hydrogen-bond donors (Lipinski definition) is 1. The van der Waals surface area contributed by atoms with Crippen molar-refractivity contribution in [3.05, 3.63) is 91.0 Å². The van der Waals surface area contributed by atoms with Gasteiger partial charge in [-0.3, -0.25) is 9.59 Å². The number of carbonyl (C=O) groups excluding carboxylic acids is 2. The maximum Gasteiger partial charge on any atom is 0.290 e. The molecule has 2 aromatic heterocycles. The highest BCUT2D eigenvalue weighted by molar-refractivity contribution is 6.01. The number of furan rings is 1. The van der Waals surface area contributed by atoms with E-state index < -0.39 is 6.04 Å². The van der Waals surface area contributed by atoms with Gasteiger partial charge in [-0.05, 0) is 73.5 Å². The van der Waals surface area contributed by atoms with Crippen molar-refractivity contribution in [2.45, 2.75) is 18.9 Å². The maximum absolute atomic E-state index is 13.2. The molecule has 3 heterocycles. The zero-order chi connectivity index (χ0) is 23.5. The first-order chi connectivity index (χ1) is 16.6. The number of anilines is 1. The molecule has 0 bridgehead atoms. The molecule has 0 aliphatic carbocycles. The maximum atomic E-state index is 13.2. The second-order valence-corrected chi connectivity index (χ2v) is 8.15. The average molecular weight is 456 g/mol. The predicted molar refractivity (Wildman–Crippen MR) is 129 cm³/mol. The SMILES string of the molecule is COc1ccc(-c2ccc(C(=O)N3CCC[C@H]3C(=O)Nc3ccccc3-n3cccc3)o2)cc1. The smallest absolute Gasteiger partial charge is 0.290 e. The molecule has 1 aliphatic heterocycles. The summed E-state index contributed by atoms with van der Waals surface area (Å²) in [5, 5.41) is 3.02. The molecule has 1 aliphatic rings. The highest BCUT2D eigenvalue weighted by Crippen LogP contribution is 2.28. The molecular weight excluding hydrogens is 430 g/mol. The molecule has 0 radical (unpaired) electrons. The molecule has 7 nitrogen and oxygen atoms in total. The molecule has 0 spiro atoms. The van der Waals surface area contributed by atoms with Gasteiger partial charge in [-0.25, -0.2) is 0 Å². The lowest BCUT2D eigenvalue weighted by molar-refractivity contribution is -0.119. The van der Waals surface area contributed by atoms with Gasteiger partial charge in [0.05, 0.1) is 18.5 Å². The van der Waals surface area contributed by atoms with E-state index in [1.807, 2.05) is 77.6 Å². The molecule has 7 heteroatoms. The van der Waals surface area contributed by atoms with Gasteiger partial charge < -0.3 is 23.9 Å². The van der Waals surface area contributed by atoms with E-state index in [-0.39, 0.29) is 17.6 Å². The molecule has 1 saturated heterocycles. The summed E-state index contributed by atoms with van der Waals surface area (Å²) in [6.07, 6.45) is 5.21. The van der Waals surface area contributed by atoms with Crippen LogP contribution in [0.5, 0.6) is 5.75 Å². The van der Waals surface area contributed by atoms with Crippen LogP contribution in [0.2, 0.25) is 0 Å². The molecule has 4 aromatic rings.